The van der Waals surface area contributed by atoms with Crippen LogP contribution in [0, 0.1) is 5.92 Å². The van der Waals surface area contributed by atoms with Crippen LogP contribution in [0.25, 0.3) is 0 Å². The average molecular weight is 316 g/mol. The molecule has 0 bridgehead atoms. The molecule has 1 aliphatic carbocycles. The van der Waals surface area contributed by atoms with Crippen LogP contribution in [0.3, 0.4) is 0 Å². The summed E-state index contributed by atoms with van der Waals surface area (Å²) in [6, 6.07) is 4.43. The highest BCUT2D eigenvalue weighted by Crippen LogP contribution is 2.26. The van der Waals surface area contributed by atoms with Crippen molar-refractivity contribution in [2.24, 2.45) is 5.92 Å². The molecule has 1 aromatic heterocycles. The summed E-state index contributed by atoms with van der Waals surface area (Å²) in [5, 5.41) is 3.23. The normalized spacial score (nSPS) is 21.1. The summed E-state index contributed by atoms with van der Waals surface area (Å²) in [6.07, 6.45) is 10.2. The second kappa shape index (κ2) is 7.66. The van der Waals surface area contributed by atoms with Gasteiger partial charge in [-0.3, -0.25) is 4.98 Å². The van der Waals surface area contributed by atoms with E-state index in [0.717, 1.165) is 31.9 Å². The first-order valence-electron chi connectivity index (χ1n) is 8.94. The monoisotopic (exact) mass is 316 g/mol. The number of aromatic nitrogens is 1. The Hall–Kier alpha value is -1.78. The van der Waals surface area contributed by atoms with Crippen LogP contribution in [0.2, 0.25) is 0 Å². The molecule has 2 heterocycles. The van der Waals surface area contributed by atoms with Crippen molar-refractivity contribution in [2.75, 3.05) is 31.1 Å². The fraction of sp³-hybridized carbons (Fsp3) is 0.667. The van der Waals surface area contributed by atoms with Gasteiger partial charge in [-0.05, 0) is 37.8 Å². The molecule has 1 N–H and O–H groups in total. The highest BCUT2D eigenvalue weighted by Gasteiger charge is 2.25. The number of hydrogen-bond donors (Lipinski definition) is 1. The minimum Gasteiger partial charge on any atom is -0.367 e. The highest BCUT2D eigenvalue weighted by molar-refractivity contribution is 5.75. The number of rotatable bonds is 3. The van der Waals surface area contributed by atoms with Gasteiger partial charge in [0.2, 0.25) is 0 Å². The summed E-state index contributed by atoms with van der Waals surface area (Å²) in [5.74, 6) is 0.657. The van der Waals surface area contributed by atoms with Crippen LogP contribution in [-0.4, -0.2) is 48.1 Å². The van der Waals surface area contributed by atoms with E-state index in [1.54, 1.807) is 6.20 Å². The molecule has 0 radical (unpaired) electrons. The van der Waals surface area contributed by atoms with Crippen LogP contribution >= 0.6 is 0 Å². The molecule has 0 spiro atoms. The molecule has 126 valence electrons. The Bertz CT molecular complexity index is 493. The van der Waals surface area contributed by atoms with Gasteiger partial charge < -0.3 is 15.1 Å². The van der Waals surface area contributed by atoms with Crippen LogP contribution < -0.4 is 10.2 Å². The number of amides is 2. The zero-order valence-corrected chi connectivity index (χ0v) is 14.1. The number of anilines is 1. The average Bonchev–Trinajstić information content (AvgIpc) is 2.63. The van der Waals surface area contributed by atoms with Crippen LogP contribution in [0.4, 0.5) is 10.5 Å². The molecule has 1 unspecified atom stereocenters. The molecule has 0 aromatic carbocycles. The molecule has 23 heavy (non-hydrogen) atoms. The topological polar surface area (TPSA) is 48.5 Å². The van der Waals surface area contributed by atoms with Crippen molar-refractivity contribution >= 4 is 11.7 Å². The summed E-state index contributed by atoms with van der Waals surface area (Å²) in [6.45, 7) is 5.46. The second-order valence-corrected chi connectivity index (χ2v) is 6.82. The van der Waals surface area contributed by atoms with Crippen molar-refractivity contribution < 1.29 is 4.79 Å². The van der Waals surface area contributed by atoms with E-state index >= 15 is 0 Å². The van der Waals surface area contributed by atoms with E-state index in [9.17, 15) is 4.79 Å². The Morgan fingerprint density at radius 3 is 2.61 bits per heavy atom. The zero-order chi connectivity index (χ0) is 16.1. The van der Waals surface area contributed by atoms with E-state index in [2.05, 4.69) is 28.2 Å². The van der Waals surface area contributed by atoms with Gasteiger partial charge in [0.15, 0.2) is 0 Å². The molecule has 5 heteroatoms. The fourth-order valence-corrected chi connectivity index (χ4v) is 3.75. The maximum absolute atomic E-state index is 12.5. The number of carbonyl (C=O) groups is 1. The third kappa shape index (κ3) is 4.15. The number of piperazine rings is 1. The van der Waals surface area contributed by atoms with E-state index in [1.165, 1.54) is 32.1 Å². The van der Waals surface area contributed by atoms with E-state index < -0.39 is 0 Å². The van der Waals surface area contributed by atoms with Crippen molar-refractivity contribution in [1.82, 2.24) is 15.2 Å². The van der Waals surface area contributed by atoms with Crippen molar-refractivity contribution in [3.8, 4) is 0 Å². The molecule has 1 aromatic rings. The summed E-state index contributed by atoms with van der Waals surface area (Å²) in [4.78, 5) is 20.9. The van der Waals surface area contributed by atoms with E-state index in [1.807, 2.05) is 17.2 Å². The molecule has 5 nitrogen and oxygen atoms in total. The molecule has 1 atom stereocenters. The minimum atomic E-state index is 0.105. The van der Waals surface area contributed by atoms with Crippen molar-refractivity contribution in [3.63, 3.8) is 0 Å². The predicted molar refractivity (Wildman–Crippen MR) is 92.6 cm³/mol. The first-order valence-corrected chi connectivity index (χ1v) is 8.94. The van der Waals surface area contributed by atoms with Gasteiger partial charge in [0.05, 0.1) is 11.9 Å². The Kier molecular flexibility index (Phi) is 5.36. The van der Waals surface area contributed by atoms with Gasteiger partial charge in [0.25, 0.3) is 0 Å². The number of nitrogens with one attached hydrogen (secondary N) is 1. The third-order valence-electron chi connectivity index (χ3n) is 5.29. The van der Waals surface area contributed by atoms with Crippen molar-refractivity contribution in [1.29, 1.82) is 0 Å². The molecule has 1 saturated heterocycles. The SMILES string of the molecule is CC(NC(=O)N1CCN(c2cccnc2)CC1)C1CCCCC1. The fourth-order valence-electron chi connectivity index (χ4n) is 3.75. The molecule has 2 amide bonds. The van der Waals surface area contributed by atoms with Crippen LogP contribution in [0.5, 0.6) is 0 Å². The standard InChI is InChI=1S/C18H28N4O/c1-15(16-6-3-2-4-7-16)20-18(23)22-12-10-21(11-13-22)17-8-5-9-19-14-17/h5,8-9,14-16H,2-4,6-7,10-13H2,1H3,(H,20,23). The largest absolute Gasteiger partial charge is 0.367 e. The maximum Gasteiger partial charge on any atom is 0.317 e. The number of pyridine rings is 1. The van der Waals surface area contributed by atoms with Crippen molar-refractivity contribution in [2.45, 2.75) is 45.1 Å². The van der Waals surface area contributed by atoms with Crippen LogP contribution in [0.1, 0.15) is 39.0 Å². The lowest BCUT2D eigenvalue weighted by molar-refractivity contribution is 0.182. The quantitative estimate of drug-likeness (QED) is 0.933. The summed E-state index contributed by atoms with van der Waals surface area (Å²) < 4.78 is 0. The Balaban J connectivity index is 1.46. The van der Waals surface area contributed by atoms with E-state index in [0.29, 0.717) is 12.0 Å². The molecule has 1 aliphatic heterocycles. The summed E-state index contributed by atoms with van der Waals surface area (Å²) in [5.41, 5.74) is 1.14. The lowest BCUT2D eigenvalue weighted by Crippen LogP contribution is -2.54. The van der Waals surface area contributed by atoms with E-state index in [-0.39, 0.29) is 6.03 Å². The van der Waals surface area contributed by atoms with Gasteiger partial charge in [-0.15, -0.1) is 0 Å². The molecule has 3 rings (SSSR count). The lowest BCUT2D eigenvalue weighted by Gasteiger charge is -2.37. The Labute approximate surface area is 139 Å². The number of carbonyl (C=O) groups excluding carboxylic acids is 1. The third-order valence-corrected chi connectivity index (χ3v) is 5.29. The molecular formula is C18H28N4O. The van der Waals surface area contributed by atoms with Gasteiger partial charge in [0.1, 0.15) is 0 Å². The molecular weight excluding hydrogens is 288 g/mol. The highest BCUT2D eigenvalue weighted by atomic mass is 16.2. The number of nitrogens with zero attached hydrogens (tertiary/aromatic N) is 3. The van der Waals surface area contributed by atoms with Crippen molar-refractivity contribution in [3.05, 3.63) is 24.5 Å². The first kappa shape index (κ1) is 16.1. The molecule has 1 saturated carbocycles. The van der Waals surface area contributed by atoms with Gasteiger partial charge in [-0.1, -0.05) is 19.3 Å². The predicted octanol–water partition coefficient (Wildman–Crippen LogP) is 2.88. The second-order valence-electron chi connectivity index (χ2n) is 6.82. The first-order chi connectivity index (χ1) is 11.2. The lowest BCUT2D eigenvalue weighted by atomic mass is 9.84. The smallest absolute Gasteiger partial charge is 0.317 e. The zero-order valence-electron chi connectivity index (χ0n) is 14.1. The Morgan fingerprint density at radius 1 is 1.22 bits per heavy atom. The van der Waals surface area contributed by atoms with Gasteiger partial charge in [-0.25, -0.2) is 4.79 Å². The van der Waals surface area contributed by atoms with Gasteiger partial charge in [-0.2, -0.15) is 0 Å². The van der Waals surface area contributed by atoms with Gasteiger partial charge in [0, 0.05) is 38.4 Å². The molecule has 2 fully saturated rings. The molecule has 2 aliphatic rings. The summed E-state index contributed by atoms with van der Waals surface area (Å²) >= 11 is 0. The van der Waals surface area contributed by atoms with E-state index in [4.69, 9.17) is 0 Å². The Morgan fingerprint density at radius 2 is 1.96 bits per heavy atom. The van der Waals surface area contributed by atoms with Crippen LogP contribution in [0.15, 0.2) is 24.5 Å². The number of hydrogen-bond acceptors (Lipinski definition) is 3. The van der Waals surface area contributed by atoms with Crippen LogP contribution in [-0.2, 0) is 0 Å². The minimum absolute atomic E-state index is 0.105. The summed E-state index contributed by atoms with van der Waals surface area (Å²) in [7, 11) is 0. The number of urea groups is 1. The van der Waals surface area contributed by atoms with Gasteiger partial charge >= 0.3 is 6.03 Å². The maximum atomic E-state index is 12.5.